The molecular formula is C36H58N2O4S. The van der Waals surface area contributed by atoms with Crippen LogP contribution in [0.5, 0.6) is 0 Å². The fourth-order valence-corrected chi connectivity index (χ4v) is 6.29. The molecule has 0 bridgehead atoms. The number of aliphatic hydroxyl groups is 1. The van der Waals surface area contributed by atoms with E-state index < -0.39 is 6.10 Å². The maximum Gasteiger partial charge on any atom is 0.166 e. The molecule has 0 saturated carbocycles. The Labute approximate surface area is 265 Å². The van der Waals surface area contributed by atoms with Crippen LogP contribution in [0.1, 0.15) is 135 Å². The maximum atomic E-state index is 10.4. The number of nitrogens with zero attached hydrogens (tertiary/aromatic N) is 1. The van der Waals surface area contributed by atoms with E-state index in [1.807, 2.05) is 24.3 Å². The minimum atomic E-state index is -0.542. The summed E-state index contributed by atoms with van der Waals surface area (Å²) in [5.74, 6) is 1.87. The fourth-order valence-electron chi connectivity index (χ4n) is 5.51. The molecule has 3 heterocycles. The van der Waals surface area contributed by atoms with Crippen molar-refractivity contribution in [1.82, 2.24) is 9.97 Å². The lowest BCUT2D eigenvalue weighted by atomic mass is 10.0. The highest BCUT2D eigenvalue weighted by Crippen LogP contribution is 2.33. The zero-order valence-electron chi connectivity index (χ0n) is 26.8. The van der Waals surface area contributed by atoms with Crippen molar-refractivity contribution >= 4 is 11.8 Å². The van der Waals surface area contributed by atoms with Crippen LogP contribution in [-0.4, -0.2) is 40.1 Å². The van der Waals surface area contributed by atoms with Gasteiger partial charge < -0.3 is 23.7 Å². The molecule has 0 aliphatic carbocycles. The Hall–Kier alpha value is -1.96. The molecule has 1 atom stereocenters. The summed E-state index contributed by atoms with van der Waals surface area (Å²) in [5, 5.41) is 11.1. The number of rotatable bonds is 28. The van der Waals surface area contributed by atoms with E-state index in [1.54, 1.807) is 12.5 Å². The van der Waals surface area contributed by atoms with E-state index in [9.17, 15) is 5.11 Å². The number of aromatic amines is 1. The third-order valence-electron chi connectivity index (χ3n) is 8.07. The van der Waals surface area contributed by atoms with Gasteiger partial charge in [-0.25, -0.2) is 4.98 Å². The molecule has 3 aromatic rings. The second-order valence-electron chi connectivity index (χ2n) is 12.0. The molecule has 1 unspecified atom stereocenters. The average Bonchev–Trinajstić information content (AvgIpc) is 3.81. The van der Waals surface area contributed by atoms with Crippen LogP contribution in [0, 0.1) is 0 Å². The molecule has 3 aromatic heterocycles. The Morgan fingerprint density at radius 3 is 1.70 bits per heavy atom. The van der Waals surface area contributed by atoms with E-state index in [0.717, 1.165) is 12.1 Å². The van der Waals surface area contributed by atoms with Crippen LogP contribution < -0.4 is 0 Å². The topological polar surface area (TPSA) is 84.4 Å². The first-order valence-electron chi connectivity index (χ1n) is 17.3. The summed E-state index contributed by atoms with van der Waals surface area (Å²) in [6, 6.07) is 7.45. The Morgan fingerprint density at radius 2 is 1.21 bits per heavy atom. The molecule has 0 aromatic carbocycles. The van der Waals surface area contributed by atoms with Crippen LogP contribution in [0.15, 0.2) is 50.8 Å². The molecule has 43 heavy (non-hydrogen) atoms. The van der Waals surface area contributed by atoms with Crippen LogP contribution in [-0.2, 0) is 4.74 Å². The van der Waals surface area contributed by atoms with Crippen molar-refractivity contribution < 1.29 is 18.7 Å². The van der Waals surface area contributed by atoms with Crippen molar-refractivity contribution in [2.75, 3.05) is 19.0 Å². The molecule has 6 nitrogen and oxygen atoms in total. The molecule has 0 radical (unpaired) electrons. The number of H-pyrrole nitrogens is 1. The summed E-state index contributed by atoms with van der Waals surface area (Å²) in [4.78, 5) is 7.98. The van der Waals surface area contributed by atoms with Gasteiger partial charge in [-0.05, 0) is 30.7 Å². The van der Waals surface area contributed by atoms with Crippen LogP contribution in [0.3, 0.4) is 0 Å². The third kappa shape index (κ3) is 15.6. The van der Waals surface area contributed by atoms with E-state index in [2.05, 4.69) is 16.9 Å². The summed E-state index contributed by atoms with van der Waals surface area (Å²) in [6.45, 7) is 3.36. The number of nitrogens with one attached hydrogen (secondary N) is 1. The van der Waals surface area contributed by atoms with Crippen molar-refractivity contribution in [3.8, 4) is 22.9 Å². The number of aromatic nitrogens is 2. The Balaban J connectivity index is 1.08. The molecule has 0 saturated heterocycles. The van der Waals surface area contributed by atoms with Gasteiger partial charge in [-0.1, -0.05) is 141 Å². The third-order valence-corrected chi connectivity index (χ3v) is 9.09. The summed E-state index contributed by atoms with van der Waals surface area (Å²) in [5.41, 5.74) is 1.47. The van der Waals surface area contributed by atoms with Crippen LogP contribution in [0.2, 0.25) is 0 Å². The summed E-state index contributed by atoms with van der Waals surface area (Å²) >= 11 is 1.47. The second kappa shape index (κ2) is 23.4. The Morgan fingerprint density at radius 1 is 0.721 bits per heavy atom. The van der Waals surface area contributed by atoms with Crippen molar-refractivity contribution in [2.24, 2.45) is 0 Å². The van der Waals surface area contributed by atoms with E-state index in [4.69, 9.17) is 13.6 Å². The number of aliphatic hydroxyl groups excluding tert-OH is 1. The minimum absolute atomic E-state index is 0.350. The zero-order chi connectivity index (χ0) is 30.2. The van der Waals surface area contributed by atoms with E-state index in [-0.39, 0.29) is 0 Å². The van der Waals surface area contributed by atoms with E-state index in [1.165, 1.54) is 134 Å². The number of hydrogen-bond acceptors (Lipinski definition) is 6. The zero-order valence-corrected chi connectivity index (χ0v) is 27.6. The molecule has 0 fully saturated rings. The largest absolute Gasteiger partial charge is 0.463 e. The number of unbranched alkanes of at least 4 members (excludes halogenated alkanes) is 19. The van der Waals surface area contributed by atoms with Gasteiger partial charge in [0.1, 0.15) is 11.4 Å². The van der Waals surface area contributed by atoms with E-state index in [0.29, 0.717) is 41.3 Å². The number of imidazole rings is 1. The highest BCUT2D eigenvalue weighted by molar-refractivity contribution is 7.99. The monoisotopic (exact) mass is 614 g/mol. The molecule has 2 N–H and O–H groups in total. The number of ether oxygens (including phenoxy) is 1. The molecule has 242 valence electrons. The van der Waals surface area contributed by atoms with Crippen molar-refractivity contribution in [1.29, 1.82) is 0 Å². The number of thioether (sulfide) groups is 1. The second-order valence-corrected chi connectivity index (χ2v) is 13.0. The van der Waals surface area contributed by atoms with Gasteiger partial charge in [-0.15, -0.1) is 0 Å². The molecule has 7 heteroatoms. The van der Waals surface area contributed by atoms with Gasteiger partial charge in [0.15, 0.2) is 16.7 Å². The Kier molecular flexibility index (Phi) is 19.3. The van der Waals surface area contributed by atoms with Gasteiger partial charge in [0, 0.05) is 12.4 Å². The number of furan rings is 2. The van der Waals surface area contributed by atoms with Gasteiger partial charge in [-0.3, -0.25) is 0 Å². The number of hydrogen-bond donors (Lipinski definition) is 2. The average molecular weight is 615 g/mol. The van der Waals surface area contributed by atoms with Crippen molar-refractivity contribution in [2.45, 2.75) is 147 Å². The predicted molar refractivity (Wildman–Crippen MR) is 180 cm³/mol. The van der Waals surface area contributed by atoms with Gasteiger partial charge in [0.05, 0.1) is 25.2 Å². The highest BCUT2D eigenvalue weighted by atomic mass is 32.2. The van der Waals surface area contributed by atoms with Crippen LogP contribution in [0.4, 0.5) is 0 Å². The molecular weight excluding hydrogens is 556 g/mol. The van der Waals surface area contributed by atoms with Crippen molar-refractivity contribution in [3.05, 3.63) is 36.8 Å². The van der Waals surface area contributed by atoms with Crippen LogP contribution in [0.25, 0.3) is 22.9 Å². The van der Waals surface area contributed by atoms with E-state index >= 15 is 0 Å². The first-order valence-corrected chi connectivity index (χ1v) is 18.3. The summed E-state index contributed by atoms with van der Waals surface area (Å²) < 4.78 is 16.9. The Bertz CT molecular complexity index is 967. The molecule has 0 aliphatic rings. The smallest absolute Gasteiger partial charge is 0.166 e. The van der Waals surface area contributed by atoms with Gasteiger partial charge >= 0.3 is 0 Å². The van der Waals surface area contributed by atoms with Gasteiger partial charge in [0.2, 0.25) is 0 Å². The standard InChI is InChI=1S/C36H58N2O4S/c1-2-3-4-5-6-7-8-9-10-11-12-13-14-15-16-17-18-19-20-21-26-40-29-31(39)30-43-36-37-34(32-24-22-27-41-32)35(38-36)33-25-23-28-42-33/h22-25,27-28,31,39H,2-21,26,29-30H2,1H3,(H,37,38). The predicted octanol–water partition coefficient (Wildman–Crippen LogP) is 11.2. The molecule has 3 rings (SSSR count). The highest BCUT2D eigenvalue weighted by Gasteiger charge is 2.19. The summed E-state index contributed by atoms with van der Waals surface area (Å²) in [6.07, 6.45) is 30.4. The lowest BCUT2D eigenvalue weighted by Crippen LogP contribution is -2.18. The molecule has 0 aliphatic heterocycles. The lowest BCUT2D eigenvalue weighted by Gasteiger charge is -2.10. The normalized spacial score (nSPS) is 12.3. The first kappa shape index (κ1) is 35.5. The molecule has 0 amide bonds. The fraction of sp³-hybridized carbons (Fsp3) is 0.694. The van der Waals surface area contributed by atoms with Gasteiger partial charge in [-0.2, -0.15) is 0 Å². The summed E-state index contributed by atoms with van der Waals surface area (Å²) in [7, 11) is 0. The molecule has 0 spiro atoms. The maximum absolute atomic E-state index is 10.4. The van der Waals surface area contributed by atoms with Crippen molar-refractivity contribution in [3.63, 3.8) is 0 Å². The SMILES string of the molecule is CCCCCCCCCCCCCCCCCCCCCCOCC(O)CSc1nc(-c2ccco2)c(-c2ccco2)[nH]1. The lowest BCUT2D eigenvalue weighted by molar-refractivity contribution is 0.0467. The van der Waals surface area contributed by atoms with Gasteiger partial charge in [0.25, 0.3) is 0 Å². The minimum Gasteiger partial charge on any atom is -0.463 e. The van der Waals surface area contributed by atoms with Crippen LogP contribution >= 0.6 is 11.8 Å². The first-order chi connectivity index (χ1) is 21.3. The quantitative estimate of drug-likeness (QED) is 0.0625.